The van der Waals surface area contributed by atoms with E-state index < -0.39 is 5.92 Å². The van der Waals surface area contributed by atoms with Crippen molar-refractivity contribution < 1.29 is 19.0 Å². The third-order valence-electron chi connectivity index (χ3n) is 4.86. The molecule has 2 aromatic carbocycles. The molecule has 2 aliphatic heterocycles. The van der Waals surface area contributed by atoms with Gasteiger partial charge in [0.05, 0.1) is 7.11 Å². The SMILES string of the molecule is COC(=O)C(c1ccc(N2CCCC2)cc1)c1ccc2c(c1)OCO2. The molecule has 2 aromatic rings. The number of fused-ring (bicyclic) bond motifs is 1. The fourth-order valence-corrected chi connectivity index (χ4v) is 3.53. The van der Waals surface area contributed by atoms with Crippen molar-refractivity contribution in [3.05, 3.63) is 53.6 Å². The van der Waals surface area contributed by atoms with E-state index in [-0.39, 0.29) is 12.8 Å². The van der Waals surface area contributed by atoms with Crippen LogP contribution in [-0.4, -0.2) is 33.0 Å². The Morgan fingerprint density at radius 3 is 2.40 bits per heavy atom. The lowest BCUT2D eigenvalue weighted by Crippen LogP contribution is -2.18. The molecule has 5 heteroatoms. The number of rotatable bonds is 4. The number of nitrogens with zero attached hydrogens (tertiary/aromatic N) is 1. The number of hydrogen-bond acceptors (Lipinski definition) is 5. The zero-order valence-electron chi connectivity index (χ0n) is 14.2. The van der Waals surface area contributed by atoms with Gasteiger partial charge in [-0.3, -0.25) is 4.79 Å². The van der Waals surface area contributed by atoms with Gasteiger partial charge in [0.15, 0.2) is 11.5 Å². The average molecular weight is 339 g/mol. The van der Waals surface area contributed by atoms with Crippen LogP contribution < -0.4 is 14.4 Å². The zero-order chi connectivity index (χ0) is 17.2. The number of methoxy groups -OCH3 is 1. The van der Waals surface area contributed by atoms with Gasteiger partial charge in [0.1, 0.15) is 5.92 Å². The lowest BCUT2D eigenvalue weighted by molar-refractivity contribution is -0.141. The van der Waals surface area contributed by atoms with Gasteiger partial charge < -0.3 is 19.1 Å². The summed E-state index contributed by atoms with van der Waals surface area (Å²) in [5.74, 6) is 0.608. The lowest BCUT2D eigenvalue weighted by atomic mass is 9.91. The molecule has 4 rings (SSSR count). The summed E-state index contributed by atoms with van der Waals surface area (Å²) >= 11 is 0. The first kappa shape index (κ1) is 15.8. The first-order valence-electron chi connectivity index (χ1n) is 8.58. The molecule has 0 amide bonds. The van der Waals surface area contributed by atoms with E-state index in [1.165, 1.54) is 25.6 Å². The van der Waals surface area contributed by atoms with E-state index in [4.69, 9.17) is 14.2 Å². The predicted molar refractivity (Wildman–Crippen MR) is 94.3 cm³/mol. The Hall–Kier alpha value is -2.69. The minimum atomic E-state index is -0.480. The number of esters is 1. The van der Waals surface area contributed by atoms with Gasteiger partial charge in [-0.15, -0.1) is 0 Å². The minimum absolute atomic E-state index is 0.214. The maximum atomic E-state index is 12.4. The molecule has 0 radical (unpaired) electrons. The fourth-order valence-electron chi connectivity index (χ4n) is 3.53. The van der Waals surface area contributed by atoms with Gasteiger partial charge in [0.25, 0.3) is 0 Å². The van der Waals surface area contributed by atoms with Crippen molar-refractivity contribution in [2.45, 2.75) is 18.8 Å². The number of carbonyl (C=O) groups is 1. The Balaban J connectivity index is 1.66. The van der Waals surface area contributed by atoms with Crippen LogP contribution in [-0.2, 0) is 9.53 Å². The molecule has 0 aromatic heterocycles. The van der Waals surface area contributed by atoms with Gasteiger partial charge in [0.2, 0.25) is 6.79 Å². The summed E-state index contributed by atoms with van der Waals surface area (Å²) < 4.78 is 15.8. The first-order chi connectivity index (χ1) is 12.3. The molecule has 0 bridgehead atoms. The van der Waals surface area contributed by atoms with E-state index in [0.29, 0.717) is 11.5 Å². The van der Waals surface area contributed by atoms with Crippen molar-refractivity contribution in [1.29, 1.82) is 0 Å². The molecule has 25 heavy (non-hydrogen) atoms. The standard InChI is InChI=1S/C20H21NO4/c1-23-20(22)19(15-6-9-17-18(12-15)25-13-24-17)14-4-7-16(8-5-14)21-10-2-3-11-21/h4-9,12,19H,2-3,10-11,13H2,1H3. The Kier molecular flexibility index (Phi) is 4.22. The van der Waals surface area contributed by atoms with Gasteiger partial charge in [-0.05, 0) is 48.2 Å². The van der Waals surface area contributed by atoms with Crippen LogP contribution in [0.5, 0.6) is 11.5 Å². The second-order valence-electron chi connectivity index (χ2n) is 6.35. The number of anilines is 1. The molecular weight excluding hydrogens is 318 g/mol. The number of benzene rings is 2. The Bertz CT molecular complexity index is 766. The highest BCUT2D eigenvalue weighted by atomic mass is 16.7. The minimum Gasteiger partial charge on any atom is -0.468 e. The summed E-state index contributed by atoms with van der Waals surface area (Å²) in [6.07, 6.45) is 2.48. The molecule has 5 nitrogen and oxygen atoms in total. The topological polar surface area (TPSA) is 48.0 Å². The normalized spacial score (nSPS) is 16.8. The summed E-state index contributed by atoms with van der Waals surface area (Å²) in [5.41, 5.74) is 2.95. The zero-order valence-corrected chi connectivity index (χ0v) is 14.2. The highest BCUT2D eigenvalue weighted by Gasteiger charge is 2.26. The lowest BCUT2D eigenvalue weighted by Gasteiger charge is -2.20. The molecule has 0 spiro atoms. The van der Waals surface area contributed by atoms with E-state index in [9.17, 15) is 4.79 Å². The van der Waals surface area contributed by atoms with E-state index >= 15 is 0 Å². The van der Waals surface area contributed by atoms with Crippen molar-refractivity contribution in [3.8, 4) is 11.5 Å². The highest BCUT2D eigenvalue weighted by Crippen LogP contribution is 2.37. The van der Waals surface area contributed by atoms with Crippen LogP contribution in [0.2, 0.25) is 0 Å². The van der Waals surface area contributed by atoms with E-state index in [1.54, 1.807) is 0 Å². The molecule has 1 fully saturated rings. The van der Waals surface area contributed by atoms with Gasteiger partial charge >= 0.3 is 5.97 Å². The van der Waals surface area contributed by atoms with Crippen LogP contribution in [0.25, 0.3) is 0 Å². The van der Waals surface area contributed by atoms with Crippen LogP contribution in [0.3, 0.4) is 0 Å². The molecule has 0 aliphatic carbocycles. The van der Waals surface area contributed by atoms with Gasteiger partial charge in [-0.1, -0.05) is 18.2 Å². The second-order valence-corrected chi connectivity index (χ2v) is 6.35. The van der Waals surface area contributed by atoms with Crippen LogP contribution in [0.1, 0.15) is 29.9 Å². The molecule has 1 saturated heterocycles. The molecule has 130 valence electrons. The van der Waals surface area contributed by atoms with Crippen molar-refractivity contribution in [3.63, 3.8) is 0 Å². The Morgan fingerprint density at radius 1 is 1.00 bits per heavy atom. The maximum absolute atomic E-state index is 12.4. The number of carbonyl (C=O) groups excluding carboxylic acids is 1. The van der Waals surface area contributed by atoms with Crippen LogP contribution >= 0.6 is 0 Å². The first-order valence-corrected chi connectivity index (χ1v) is 8.58. The van der Waals surface area contributed by atoms with Crippen LogP contribution in [0.4, 0.5) is 5.69 Å². The second kappa shape index (κ2) is 6.67. The highest BCUT2D eigenvalue weighted by molar-refractivity contribution is 5.82. The summed E-state index contributed by atoms with van der Waals surface area (Å²) in [7, 11) is 1.42. The van der Waals surface area contributed by atoms with E-state index in [1.807, 2.05) is 30.3 Å². The molecule has 2 heterocycles. The third-order valence-corrected chi connectivity index (χ3v) is 4.86. The van der Waals surface area contributed by atoms with Gasteiger partial charge in [0, 0.05) is 18.8 Å². The molecule has 1 atom stereocenters. The molecule has 0 N–H and O–H groups in total. The van der Waals surface area contributed by atoms with Gasteiger partial charge in [-0.25, -0.2) is 0 Å². The summed E-state index contributed by atoms with van der Waals surface area (Å²) in [6.45, 7) is 2.41. The molecular formula is C20H21NO4. The van der Waals surface area contributed by atoms with Crippen molar-refractivity contribution in [1.82, 2.24) is 0 Å². The molecule has 2 aliphatic rings. The van der Waals surface area contributed by atoms with E-state index in [0.717, 1.165) is 24.2 Å². The Morgan fingerprint density at radius 2 is 1.68 bits per heavy atom. The van der Waals surface area contributed by atoms with Crippen molar-refractivity contribution in [2.75, 3.05) is 31.9 Å². The number of hydrogen-bond donors (Lipinski definition) is 0. The molecule has 0 saturated carbocycles. The van der Waals surface area contributed by atoms with Gasteiger partial charge in [-0.2, -0.15) is 0 Å². The van der Waals surface area contributed by atoms with Crippen LogP contribution in [0.15, 0.2) is 42.5 Å². The van der Waals surface area contributed by atoms with Crippen molar-refractivity contribution in [2.24, 2.45) is 0 Å². The maximum Gasteiger partial charge on any atom is 0.317 e. The third kappa shape index (κ3) is 3.02. The smallest absolute Gasteiger partial charge is 0.317 e. The summed E-state index contributed by atoms with van der Waals surface area (Å²) in [4.78, 5) is 14.8. The quantitative estimate of drug-likeness (QED) is 0.800. The predicted octanol–water partition coefficient (Wildman–Crippen LogP) is 3.32. The van der Waals surface area contributed by atoms with E-state index in [2.05, 4.69) is 17.0 Å². The molecule has 1 unspecified atom stereocenters. The van der Waals surface area contributed by atoms with Crippen LogP contribution in [0, 0.1) is 0 Å². The summed E-state index contributed by atoms with van der Waals surface area (Å²) in [5, 5.41) is 0. The monoisotopic (exact) mass is 339 g/mol. The summed E-state index contributed by atoms with van der Waals surface area (Å²) in [6, 6.07) is 13.8. The fraction of sp³-hybridized carbons (Fsp3) is 0.350. The largest absolute Gasteiger partial charge is 0.468 e. The number of ether oxygens (including phenoxy) is 3. The van der Waals surface area contributed by atoms with Crippen molar-refractivity contribution >= 4 is 11.7 Å². The Labute approximate surface area is 147 Å². The average Bonchev–Trinajstić information content (AvgIpc) is 3.33.